The van der Waals surface area contributed by atoms with Crippen LogP contribution in [0.3, 0.4) is 0 Å². The van der Waals surface area contributed by atoms with Crippen molar-refractivity contribution in [2.75, 3.05) is 11.9 Å². The van der Waals surface area contributed by atoms with Crippen LogP contribution < -0.4 is 5.32 Å². The minimum atomic E-state index is -0.497. The van der Waals surface area contributed by atoms with Crippen LogP contribution in [0, 0.1) is 0 Å². The SMILES string of the molecule is CCCCCOC(=O)c1c(NC(C)=O)n(CCc2ccccc2)c2nc3ccccc3nc12. The van der Waals surface area contributed by atoms with E-state index in [2.05, 4.69) is 12.2 Å². The number of unbranched alkanes of at least 4 members (excludes halogenated alkanes) is 2. The molecule has 0 saturated heterocycles. The van der Waals surface area contributed by atoms with Crippen molar-refractivity contribution in [2.45, 2.75) is 46.1 Å². The molecule has 0 unspecified atom stereocenters. The number of aryl methyl sites for hydroxylation is 2. The zero-order valence-corrected chi connectivity index (χ0v) is 19.0. The molecule has 2 aromatic carbocycles. The monoisotopic (exact) mass is 444 g/mol. The molecule has 7 heteroatoms. The molecule has 2 heterocycles. The largest absolute Gasteiger partial charge is 0.462 e. The second-order valence-electron chi connectivity index (χ2n) is 8.02. The van der Waals surface area contributed by atoms with Gasteiger partial charge in [-0.05, 0) is 30.5 Å². The molecular weight excluding hydrogens is 416 g/mol. The Morgan fingerprint density at radius 3 is 2.36 bits per heavy atom. The number of hydrogen-bond acceptors (Lipinski definition) is 5. The van der Waals surface area contributed by atoms with Crippen LogP contribution in [0.5, 0.6) is 0 Å². The first-order chi connectivity index (χ1) is 16.1. The topological polar surface area (TPSA) is 86.1 Å². The first kappa shape index (κ1) is 22.5. The van der Waals surface area contributed by atoms with Crippen LogP contribution in [0.25, 0.3) is 22.2 Å². The second kappa shape index (κ2) is 10.3. The van der Waals surface area contributed by atoms with E-state index in [0.717, 1.165) is 30.3 Å². The summed E-state index contributed by atoms with van der Waals surface area (Å²) in [5.41, 5.74) is 3.79. The molecule has 170 valence electrons. The number of nitrogens with zero attached hydrogens (tertiary/aromatic N) is 3. The van der Waals surface area contributed by atoms with E-state index in [4.69, 9.17) is 14.7 Å². The van der Waals surface area contributed by atoms with Crippen molar-refractivity contribution in [1.82, 2.24) is 14.5 Å². The van der Waals surface area contributed by atoms with Gasteiger partial charge in [0, 0.05) is 13.5 Å². The van der Waals surface area contributed by atoms with E-state index in [-0.39, 0.29) is 11.5 Å². The molecule has 0 saturated carbocycles. The summed E-state index contributed by atoms with van der Waals surface area (Å²) in [6.45, 7) is 4.36. The van der Waals surface area contributed by atoms with Crippen molar-refractivity contribution in [1.29, 1.82) is 0 Å². The Bertz CT molecular complexity index is 1280. The number of amides is 1. The van der Waals surface area contributed by atoms with Crippen LogP contribution in [0.4, 0.5) is 5.82 Å². The summed E-state index contributed by atoms with van der Waals surface area (Å²) in [6.07, 6.45) is 3.51. The molecular formula is C26H28N4O3. The highest BCUT2D eigenvalue weighted by Crippen LogP contribution is 2.31. The van der Waals surface area contributed by atoms with E-state index >= 15 is 0 Å². The number of carbonyl (C=O) groups is 2. The summed E-state index contributed by atoms with van der Waals surface area (Å²) >= 11 is 0. The third-order valence-corrected chi connectivity index (χ3v) is 5.50. The molecule has 0 aliphatic carbocycles. The fourth-order valence-corrected chi connectivity index (χ4v) is 3.88. The van der Waals surface area contributed by atoms with Gasteiger partial charge < -0.3 is 14.6 Å². The Labute approximate surface area is 192 Å². The molecule has 1 N–H and O–H groups in total. The Hall–Kier alpha value is -3.74. The number of para-hydroxylation sites is 2. The lowest BCUT2D eigenvalue weighted by Crippen LogP contribution is -2.16. The Kier molecular flexibility index (Phi) is 6.98. The molecule has 0 bridgehead atoms. The maximum atomic E-state index is 13.2. The minimum absolute atomic E-state index is 0.253. The quantitative estimate of drug-likeness (QED) is 0.286. The van der Waals surface area contributed by atoms with Crippen molar-refractivity contribution < 1.29 is 14.3 Å². The maximum absolute atomic E-state index is 13.2. The van der Waals surface area contributed by atoms with E-state index < -0.39 is 5.97 Å². The van der Waals surface area contributed by atoms with Gasteiger partial charge in [0.2, 0.25) is 5.91 Å². The predicted molar refractivity (Wildman–Crippen MR) is 129 cm³/mol. The van der Waals surface area contributed by atoms with Crippen molar-refractivity contribution in [3.05, 3.63) is 65.7 Å². The third kappa shape index (κ3) is 5.03. The number of anilines is 1. The van der Waals surface area contributed by atoms with Crippen molar-refractivity contribution in [2.24, 2.45) is 0 Å². The normalized spacial score (nSPS) is 11.1. The highest BCUT2D eigenvalue weighted by atomic mass is 16.5. The number of hydrogen-bond donors (Lipinski definition) is 1. The van der Waals surface area contributed by atoms with Gasteiger partial charge in [0.25, 0.3) is 0 Å². The summed E-state index contributed by atoms with van der Waals surface area (Å²) in [5.74, 6) is -0.393. The summed E-state index contributed by atoms with van der Waals surface area (Å²) in [7, 11) is 0. The van der Waals surface area contributed by atoms with Gasteiger partial charge in [-0.15, -0.1) is 0 Å². The first-order valence-electron chi connectivity index (χ1n) is 11.4. The van der Waals surface area contributed by atoms with Crippen molar-refractivity contribution in [3.8, 4) is 0 Å². The molecule has 0 aliphatic heterocycles. The second-order valence-corrected chi connectivity index (χ2v) is 8.02. The van der Waals surface area contributed by atoms with Gasteiger partial charge in [0.1, 0.15) is 16.9 Å². The third-order valence-electron chi connectivity index (χ3n) is 5.50. The smallest absolute Gasteiger partial charge is 0.344 e. The maximum Gasteiger partial charge on any atom is 0.344 e. The molecule has 4 rings (SSSR count). The van der Waals surface area contributed by atoms with Crippen LogP contribution in [-0.2, 0) is 22.5 Å². The van der Waals surface area contributed by atoms with E-state index in [9.17, 15) is 9.59 Å². The van der Waals surface area contributed by atoms with Gasteiger partial charge in [-0.1, -0.05) is 62.2 Å². The van der Waals surface area contributed by atoms with Crippen LogP contribution >= 0.6 is 0 Å². The Morgan fingerprint density at radius 1 is 0.970 bits per heavy atom. The molecule has 0 spiro atoms. The minimum Gasteiger partial charge on any atom is -0.462 e. The number of ether oxygens (including phenoxy) is 1. The fraction of sp³-hybridized carbons (Fsp3) is 0.308. The molecule has 1 amide bonds. The van der Waals surface area contributed by atoms with Crippen LogP contribution in [0.1, 0.15) is 49.0 Å². The number of nitrogens with one attached hydrogen (secondary N) is 1. The number of aromatic nitrogens is 3. The molecule has 0 atom stereocenters. The summed E-state index contributed by atoms with van der Waals surface area (Å²) in [4.78, 5) is 34.9. The molecule has 33 heavy (non-hydrogen) atoms. The van der Waals surface area contributed by atoms with E-state index in [1.165, 1.54) is 6.92 Å². The Morgan fingerprint density at radius 2 is 1.67 bits per heavy atom. The highest BCUT2D eigenvalue weighted by Gasteiger charge is 2.27. The van der Waals surface area contributed by atoms with Crippen LogP contribution in [0.15, 0.2) is 54.6 Å². The zero-order chi connectivity index (χ0) is 23.2. The lowest BCUT2D eigenvalue weighted by molar-refractivity contribution is -0.114. The van der Waals surface area contributed by atoms with E-state index in [1.807, 2.05) is 59.2 Å². The standard InChI is InChI=1S/C26H28N4O3/c1-3-4-10-17-33-26(32)22-23-25(29-21-14-9-8-13-20(21)28-23)30(24(22)27-18(2)31)16-15-19-11-6-5-7-12-19/h5-9,11-14H,3-4,10,15-17H2,1-2H3,(H,27,31). The fourth-order valence-electron chi connectivity index (χ4n) is 3.88. The van der Waals surface area contributed by atoms with Crippen molar-refractivity contribution in [3.63, 3.8) is 0 Å². The lowest BCUT2D eigenvalue weighted by atomic mass is 10.1. The van der Waals surface area contributed by atoms with E-state index in [0.29, 0.717) is 42.1 Å². The number of carbonyl (C=O) groups excluding carboxylic acids is 2. The Balaban J connectivity index is 1.84. The van der Waals surface area contributed by atoms with Gasteiger partial charge in [-0.2, -0.15) is 0 Å². The number of benzene rings is 2. The van der Waals surface area contributed by atoms with Crippen molar-refractivity contribution >= 4 is 39.9 Å². The molecule has 0 aliphatic rings. The molecule has 0 fully saturated rings. The van der Waals surface area contributed by atoms with Gasteiger partial charge in [-0.3, -0.25) is 4.79 Å². The van der Waals surface area contributed by atoms with Gasteiger partial charge in [-0.25, -0.2) is 14.8 Å². The molecule has 7 nitrogen and oxygen atoms in total. The lowest BCUT2D eigenvalue weighted by Gasteiger charge is -2.12. The molecule has 0 radical (unpaired) electrons. The van der Waals surface area contributed by atoms with Gasteiger partial charge in [0.15, 0.2) is 5.65 Å². The number of rotatable bonds is 9. The van der Waals surface area contributed by atoms with E-state index in [1.54, 1.807) is 0 Å². The average Bonchev–Trinajstić information content (AvgIpc) is 3.10. The van der Waals surface area contributed by atoms with Gasteiger partial charge >= 0.3 is 5.97 Å². The van der Waals surface area contributed by atoms with Crippen LogP contribution in [0.2, 0.25) is 0 Å². The number of fused-ring (bicyclic) bond motifs is 2. The average molecular weight is 445 g/mol. The number of esters is 1. The summed E-state index contributed by atoms with van der Waals surface area (Å²) in [6, 6.07) is 17.6. The van der Waals surface area contributed by atoms with Gasteiger partial charge in [0.05, 0.1) is 17.6 Å². The zero-order valence-electron chi connectivity index (χ0n) is 19.0. The summed E-state index contributed by atoms with van der Waals surface area (Å²) < 4.78 is 7.44. The van der Waals surface area contributed by atoms with Crippen LogP contribution in [-0.4, -0.2) is 33.0 Å². The first-order valence-corrected chi connectivity index (χ1v) is 11.4. The summed E-state index contributed by atoms with van der Waals surface area (Å²) in [5, 5.41) is 2.85. The highest BCUT2D eigenvalue weighted by molar-refractivity contribution is 6.11. The molecule has 4 aromatic rings. The molecule has 2 aromatic heterocycles. The predicted octanol–water partition coefficient (Wildman–Crippen LogP) is 5.13.